The van der Waals surface area contributed by atoms with E-state index in [1.54, 1.807) is 47.4 Å². The number of carbonyl (C=O) groups excluding carboxylic acids is 2. The van der Waals surface area contributed by atoms with E-state index in [1.165, 1.54) is 6.26 Å². The number of nitrogens with zero attached hydrogens (tertiary/aromatic N) is 2. The highest BCUT2D eigenvalue weighted by molar-refractivity contribution is 6.05. The van der Waals surface area contributed by atoms with Crippen LogP contribution in [0.1, 0.15) is 22.5 Å². The highest BCUT2D eigenvalue weighted by atomic mass is 16.3. The minimum absolute atomic E-state index is 0.194. The predicted molar refractivity (Wildman–Crippen MR) is 99.3 cm³/mol. The zero-order valence-electron chi connectivity index (χ0n) is 14.9. The van der Waals surface area contributed by atoms with E-state index in [9.17, 15) is 9.59 Å². The van der Waals surface area contributed by atoms with Gasteiger partial charge in [-0.1, -0.05) is 18.2 Å². The van der Waals surface area contributed by atoms with Crippen molar-refractivity contribution in [2.75, 3.05) is 33.2 Å². The summed E-state index contributed by atoms with van der Waals surface area (Å²) in [4.78, 5) is 29.5. The van der Waals surface area contributed by atoms with E-state index in [2.05, 4.69) is 10.2 Å². The van der Waals surface area contributed by atoms with Crippen molar-refractivity contribution < 1.29 is 14.0 Å². The van der Waals surface area contributed by atoms with Gasteiger partial charge in [0.05, 0.1) is 6.26 Å². The van der Waals surface area contributed by atoms with E-state index >= 15 is 0 Å². The summed E-state index contributed by atoms with van der Waals surface area (Å²) in [6.07, 6.45) is 4.02. The molecule has 0 atom stereocenters. The molecule has 0 saturated carbocycles. The normalized spacial score (nSPS) is 16.2. The van der Waals surface area contributed by atoms with Gasteiger partial charge in [0.25, 0.3) is 11.8 Å². The fourth-order valence-corrected chi connectivity index (χ4v) is 2.87. The maximum absolute atomic E-state index is 13.0. The van der Waals surface area contributed by atoms with Gasteiger partial charge >= 0.3 is 0 Å². The van der Waals surface area contributed by atoms with Crippen LogP contribution in [-0.4, -0.2) is 54.8 Å². The summed E-state index contributed by atoms with van der Waals surface area (Å²) in [5.74, 6) is 0.0123. The SMILES string of the molecule is CN1CCCN(C(=O)/C(=C\c2ccco2)NC(=O)c2ccccc2)CC1. The Labute approximate surface area is 153 Å². The first-order valence-corrected chi connectivity index (χ1v) is 8.73. The smallest absolute Gasteiger partial charge is 0.270 e. The van der Waals surface area contributed by atoms with Crippen LogP contribution >= 0.6 is 0 Å². The number of benzene rings is 1. The topological polar surface area (TPSA) is 65.8 Å². The van der Waals surface area contributed by atoms with Crippen LogP contribution < -0.4 is 5.32 Å². The van der Waals surface area contributed by atoms with Crippen molar-refractivity contribution in [1.82, 2.24) is 15.1 Å². The van der Waals surface area contributed by atoms with Crippen LogP contribution in [0.5, 0.6) is 0 Å². The molecular formula is C20H23N3O3. The van der Waals surface area contributed by atoms with Gasteiger partial charge in [-0.05, 0) is 44.3 Å². The molecule has 6 heteroatoms. The Morgan fingerprint density at radius 1 is 1.04 bits per heavy atom. The van der Waals surface area contributed by atoms with E-state index in [1.807, 2.05) is 13.1 Å². The average molecular weight is 353 g/mol. The molecule has 1 aliphatic rings. The van der Waals surface area contributed by atoms with E-state index < -0.39 is 0 Å². The van der Waals surface area contributed by atoms with Crippen molar-refractivity contribution in [3.8, 4) is 0 Å². The van der Waals surface area contributed by atoms with Crippen LogP contribution in [0.2, 0.25) is 0 Å². The molecule has 3 rings (SSSR count). The Hall–Kier alpha value is -2.86. The Kier molecular flexibility index (Phi) is 5.86. The number of furan rings is 1. The van der Waals surface area contributed by atoms with Crippen LogP contribution in [0.4, 0.5) is 0 Å². The van der Waals surface area contributed by atoms with Crippen LogP contribution in [-0.2, 0) is 4.79 Å². The second-order valence-electron chi connectivity index (χ2n) is 6.34. The molecule has 26 heavy (non-hydrogen) atoms. The first kappa shape index (κ1) is 17.9. The minimum atomic E-state index is -0.316. The van der Waals surface area contributed by atoms with E-state index in [0.29, 0.717) is 24.4 Å². The summed E-state index contributed by atoms with van der Waals surface area (Å²) in [7, 11) is 2.05. The summed E-state index contributed by atoms with van der Waals surface area (Å²) >= 11 is 0. The highest BCUT2D eigenvalue weighted by Gasteiger charge is 2.23. The molecule has 1 N–H and O–H groups in total. The van der Waals surface area contributed by atoms with Crippen LogP contribution in [0.25, 0.3) is 6.08 Å². The van der Waals surface area contributed by atoms with E-state index in [-0.39, 0.29) is 17.5 Å². The molecule has 136 valence electrons. The van der Waals surface area contributed by atoms with Gasteiger partial charge in [0, 0.05) is 31.3 Å². The molecule has 1 aliphatic heterocycles. The second kappa shape index (κ2) is 8.49. The Morgan fingerprint density at radius 3 is 2.58 bits per heavy atom. The van der Waals surface area contributed by atoms with Crippen molar-refractivity contribution in [3.63, 3.8) is 0 Å². The van der Waals surface area contributed by atoms with Crippen molar-refractivity contribution in [2.24, 2.45) is 0 Å². The summed E-state index contributed by atoms with van der Waals surface area (Å²) in [6, 6.07) is 12.3. The number of hydrogen-bond acceptors (Lipinski definition) is 4. The summed E-state index contributed by atoms with van der Waals surface area (Å²) < 4.78 is 5.32. The molecular weight excluding hydrogens is 330 g/mol. The molecule has 0 radical (unpaired) electrons. The second-order valence-corrected chi connectivity index (χ2v) is 6.34. The molecule has 1 fully saturated rings. The Balaban J connectivity index is 1.81. The van der Waals surface area contributed by atoms with Crippen molar-refractivity contribution in [1.29, 1.82) is 0 Å². The molecule has 0 unspecified atom stereocenters. The zero-order valence-corrected chi connectivity index (χ0v) is 14.9. The van der Waals surface area contributed by atoms with E-state index in [4.69, 9.17) is 4.42 Å². The molecule has 0 spiro atoms. The van der Waals surface area contributed by atoms with Gasteiger partial charge in [0.2, 0.25) is 0 Å². The van der Waals surface area contributed by atoms with Gasteiger partial charge in [0.15, 0.2) is 0 Å². The number of likely N-dealkylation sites (N-methyl/N-ethyl adjacent to an activating group) is 1. The maximum Gasteiger partial charge on any atom is 0.270 e. The highest BCUT2D eigenvalue weighted by Crippen LogP contribution is 2.12. The fourth-order valence-electron chi connectivity index (χ4n) is 2.87. The third-order valence-electron chi connectivity index (χ3n) is 4.35. The lowest BCUT2D eigenvalue weighted by atomic mass is 10.2. The molecule has 2 amide bonds. The zero-order chi connectivity index (χ0) is 18.4. The largest absolute Gasteiger partial charge is 0.465 e. The third-order valence-corrected chi connectivity index (χ3v) is 4.35. The number of hydrogen-bond donors (Lipinski definition) is 1. The number of amides is 2. The number of carbonyl (C=O) groups is 2. The van der Waals surface area contributed by atoms with Crippen molar-refractivity contribution >= 4 is 17.9 Å². The molecule has 1 aromatic carbocycles. The molecule has 0 bridgehead atoms. The lowest BCUT2D eigenvalue weighted by molar-refractivity contribution is -0.127. The lowest BCUT2D eigenvalue weighted by Gasteiger charge is -2.22. The van der Waals surface area contributed by atoms with Crippen molar-refractivity contribution in [3.05, 3.63) is 65.7 Å². The van der Waals surface area contributed by atoms with E-state index in [0.717, 1.165) is 19.5 Å². The van der Waals surface area contributed by atoms with Gasteiger partial charge in [-0.15, -0.1) is 0 Å². The van der Waals surface area contributed by atoms with Crippen LogP contribution in [0, 0.1) is 0 Å². The monoisotopic (exact) mass is 353 g/mol. The first-order chi connectivity index (χ1) is 12.6. The van der Waals surface area contributed by atoms with Crippen LogP contribution in [0.3, 0.4) is 0 Å². The summed E-state index contributed by atoms with van der Waals surface area (Å²) in [6.45, 7) is 3.07. The quantitative estimate of drug-likeness (QED) is 0.856. The maximum atomic E-state index is 13.0. The van der Waals surface area contributed by atoms with Gasteiger partial charge in [-0.25, -0.2) is 0 Å². The molecule has 0 aliphatic carbocycles. The van der Waals surface area contributed by atoms with Gasteiger partial charge in [-0.2, -0.15) is 0 Å². The summed E-state index contributed by atoms with van der Waals surface area (Å²) in [5.41, 5.74) is 0.722. The standard InChI is InChI=1S/C20H23N3O3/c1-22-10-6-11-23(13-12-22)20(25)18(15-17-9-5-14-26-17)21-19(24)16-7-3-2-4-8-16/h2-5,7-9,14-15H,6,10-13H2,1H3,(H,21,24)/b18-15+. The third kappa shape index (κ3) is 4.61. The molecule has 6 nitrogen and oxygen atoms in total. The summed E-state index contributed by atoms with van der Waals surface area (Å²) in [5, 5.41) is 2.76. The fraction of sp³-hybridized carbons (Fsp3) is 0.300. The molecule has 1 aromatic heterocycles. The van der Waals surface area contributed by atoms with Gasteiger partial charge in [0.1, 0.15) is 11.5 Å². The minimum Gasteiger partial charge on any atom is -0.465 e. The Morgan fingerprint density at radius 2 is 1.85 bits per heavy atom. The Bertz CT molecular complexity index is 769. The van der Waals surface area contributed by atoms with Crippen molar-refractivity contribution in [2.45, 2.75) is 6.42 Å². The predicted octanol–water partition coefficient (Wildman–Crippen LogP) is 2.21. The molecule has 2 aromatic rings. The van der Waals surface area contributed by atoms with Gasteiger partial charge < -0.3 is 19.5 Å². The molecule has 1 saturated heterocycles. The van der Waals surface area contributed by atoms with Gasteiger partial charge in [-0.3, -0.25) is 9.59 Å². The lowest BCUT2D eigenvalue weighted by Crippen LogP contribution is -2.40. The average Bonchev–Trinajstić information content (AvgIpc) is 3.07. The molecule has 2 heterocycles. The number of nitrogens with one attached hydrogen (secondary N) is 1. The number of rotatable bonds is 4. The van der Waals surface area contributed by atoms with Crippen LogP contribution in [0.15, 0.2) is 58.8 Å². The first-order valence-electron chi connectivity index (χ1n) is 8.73.